The van der Waals surface area contributed by atoms with Crippen molar-refractivity contribution in [1.29, 1.82) is 0 Å². The van der Waals surface area contributed by atoms with Crippen molar-refractivity contribution in [3.63, 3.8) is 0 Å². The Morgan fingerprint density at radius 3 is 2.67 bits per heavy atom. The molecule has 2 aromatic carbocycles. The van der Waals surface area contributed by atoms with E-state index in [0.717, 1.165) is 16.8 Å². The zero-order valence-electron chi connectivity index (χ0n) is 14.9. The number of rotatable bonds is 3. The summed E-state index contributed by atoms with van der Waals surface area (Å²) in [4.78, 5) is 18.7. The van der Waals surface area contributed by atoms with Crippen molar-refractivity contribution in [3.8, 4) is 11.4 Å². The van der Waals surface area contributed by atoms with Crippen molar-refractivity contribution < 1.29 is 13.7 Å². The second-order valence-electron chi connectivity index (χ2n) is 6.73. The van der Waals surface area contributed by atoms with Gasteiger partial charge in [-0.2, -0.15) is 4.98 Å². The third-order valence-electron chi connectivity index (χ3n) is 4.80. The van der Waals surface area contributed by atoms with Crippen LogP contribution in [0, 0.1) is 19.7 Å². The van der Waals surface area contributed by atoms with E-state index < -0.39 is 5.82 Å². The highest BCUT2D eigenvalue weighted by Gasteiger charge is 2.36. The molecule has 1 aromatic heterocycles. The van der Waals surface area contributed by atoms with Crippen LogP contribution in [0.1, 0.15) is 29.4 Å². The van der Waals surface area contributed by atoms with E-state index in [1.165, 1.54) is 12.1 Å². The molecule has 4 rings (SSSR count). The van der Waals surface area contributed by atoms with Crippen molar-refractivity contribution >= 4 is 23.2 Å². The SMILES string of the molecule is Cc1cccc(C)c1N1CC(c2nc(-c3ccc(Cl)c(F)c3)no2)CC1=O. The lowest BCUT2D eigenvalue weighted by atomic mass is 10.1. The van der Waals surface area contributed by atoms with E-state index in [9.17, 15) is 9.18 Å². The third-order valence-corrected chi connectivity index (χ3v) is 5.11. The zero-order valence-corrected chi connectivity index (χ0v) is 15.6. The molecule has 1 aliphatic heterocycles. The molecule has 0 N–H and O–H groups in total. The number of anilines is 1. The van der Waals surface area contributed by atoms with Crippen LogP contribution in [0.25, 0.3) is 11.4 Å². The van der Waals surface area contributed by atoms with Gasteiger partial charge in [-0.3, -0.25) is 4.79 Å². The summed E-state index contributed by atoms with van der Waals surface area (Å²) in [5, 5.41) is 3.97. The van der Waals surface area contributed by atoms with Crippen LogP contribution in [0.2, 0.25) is 5.02 Å². The quantitative estimate of drug-likeness (QED) is 0.657. The lowest BCUT2D eigenvalue weighted by Gasteiger charge is -2.21. The van der Waals surface area contributed by atoms with Crippen LogP contribution in [0.15, 0.2) is 40.9 Å². The summed E-state index contributed by atoms with van der Waals surface area (Å²) in [5.74, 6) is -0.0664. The highest BCUT2D eigenvalue weighted by atomic mass is 35.5. The summed E-state index contributed by atoms with van der Waals surface area (Å²) in [6.07, 6.45) is 0.296. The number of carbonyl (C=O) groups is 1. The maximum absolute atomic E-state index is 13.7. The van der Waals surface area contributed by atoms with E-state index in [1.54, 1.807) is 11.0 Å². The van der Waals surface area contributed by atoms with E-state index in [1.807, 2.05) is 32.0 Å². The molecule has 1 aliphatic rings. The topological polar surface area (TPSA) is 59.2 Å². The van der Waals surface area contributed by atoms with Gasteiger partial charge in [0.05, 0.1) is 10.9 Å². The van der Waals surface area contributed by atoms with Crippen LogP contribution in [0.5, 0.6) is 0 Å². The molecule has 0 aliphatic carbocycles. The van der Waals surface area contributed by atoms with Gasteiger partial charge >= 0.3 is 0 Å². The second kappa shape index (κ2) is 6.78. The Kier molecular flexibility index (Phi) is 4.44. The van der Waals surface area contributed by atoms with Gasteiger partial charge in [0.1, 0.15) is 5.82 Å². The number of halogens is 2. The van der Waals surface area contributed by atoms with Crippen molar-refractivity contribution in [2.45, 2.75) is 26.2 Å². The van der Waals surface area contributed by atoms with Gasteiger partial charge in [-0.15, -0.1) is 0 Å². The normalized spacial score (nSPS) is 17.0. The lowest BCUT2D eigenvalue weighted by molar-refractivity contribution is -0.117. The Labute approximate surface area is 160 Å². The van der Waals surface area contributed by atoms with E-state index in [4.69, 9.17) is 16.1 Å². The van der Waals surface area contributed by atoms with Crippen molar-refractivity contribution in [3.05, 3.63) is 64.3 Å². The number of hydrogen-bond acceptors (Lipinski definition) is 4. The van der Waals surface area contributed by atoms with Gasteiger partial charge in [0.15, 0.2) is 0 Å². The van der Waals surface area contributed by atoms with Crippen molar-refractivity contribution in [1.82, 2.24) is 10.1 Å². The summed E-state index contributed by atoms with van der Waals surface area (Å²) in [7, 11) is 0. The van der Waals surface area contributed by atoms with E-state index in [0.29, 0.717) is 24.4 Å². The van der Waals surface area contributed by atoms with Gasteiger partial charge in [-0.05, 0) is 43.2 Å². The summed E-state index contributed by atoms with van der Waals surface area (Å²) in [6.45, 7) is 4.45. The number of para-hydroxylation sites is 1. The molecule has 0 spiro atoms. The van der Waals surface area contributed by atoms with Crippen LogP contribution >= 0.6 is 11.6 Å². The maximum Gasteiger partial charge on any atom is 0.232 e. The first kappa shape index (κ1) is 17.7. The molecule has 138 valence electrons. The van der Waals surface area contributed by atoms with Crippen LogP contribution in [0.3, 0.4) is 0 Å². The van der Waals surface area contributed by atoms with E-state index in [-0.39, 0.29) is 22.7 Å². The third kappa shape index (κ3) is 3.21. The molecule has 3 aromatic rings. The Morgan fingerprint density at radius 2 is 1.96 bits per heavy atom. The second-order valence-corrected chi connectivity index (χ2v) is 7.14. The number of carbonyl (C=O) groups excluding carboxylic acids is 1. The number of aromatic nitrogens is 2. The Morgan fingerprint density at radius 1 is 1.22 bits per heavy atom. The summed E-state index contributed by atoms with van der Waals surface area (Å²) in [5.41, 5.74) is 3.51. The molecule has 0 bridgehead atoms. The molecular formula is C20H17ClFN3O2. The predicted octanol–water partition coefficient (Wildman–Crippen LogP) is 4.67. The smallest absolute Gasteiger partial charge is 0.232 e. The largest absolute Gasteiger partial charge is 0.339 e. The lowest BCUT2D eigenvalue weighted by Crippen LogP contribution is -2.26. The molecule has 1 atom stereocenters. The van der Waals surface area contributed by atoms with Crippen LogP contribution < -0.4 is 4.90 Å². The Hall–Kier alpha value is -2.73. The molecule has 1 fully saturated rings. The fourth-order valence-corrected chi connectivity index (χ4v) is 3.59. The number of hydrogen-bond donors (Lipinski definition) is 0. The zero-order chi connectivity index (χ0) is 19.1. The minimum absolute atomic E-state index is 0.0229. The molecular weight excluding hydrogens is 369 g/mol. The summed E-state index contributed by atoms with van der Waals surface area (Å²) in [6, 6.07) is 10.3. The fourth-order valence-electron chi connectivity index (χ4n) is 3.47. The van der Waals surface area contributed by atoms with Gasteiger partial charge < -0.3 is 9.42 Å². The standard InChI is InChI=1S/C20H17ClFN3O2/c1-11-4-3-5-12(2)18(11)25-10-14(9-17(25)26)20-23-19(24-27-20)13-6-7-15(21)16(22)8-13/h3-8,14H,9-10H2,1-2H3. The molecule has 1 saturated heterocycles. The van der Waals surface area contributed by atoms with Crippen LogP contribution in [-0.2, 0) is 4.79 Å². The van der Waals surface area contributed by atoms with Crippen LogP contribution in [0.4, 0.5) is 10.1 Å². The number of nitrogens with zero attached hydrogens (tertiary/aromatic N) is 3. The molecule has 5 nitrogen and oxygen atoms in total. The van der Waals surface area contributed by atoms with Gasteiger partial charge in [0, 0.05) is 24.2 Å². The number of aryl methyl sites for hydroxylation is 2. The highest BCUT2D eigenvalue weighted by molar-refractivity contribution is 6.30. The van der Waals surface area contributed by atoms with Gasteiger partial charge in [-0.1, -0.05) is 35.0 Å². The fraction of sp³-hybridized carbons (Fsp3) is 0.250. The molecule has 0 saturated carbocycles. The Balaban J connectivity index is 1.60. The number of benzene rings is 2. The molecule has 27 heavy (non-hydrogen) atoms. The van der Waals surface area contributed by atoms with E-state index in [2.05, 4.69) is 10.1 Å². The average Bonchev–Trinajstić information content (AvgIpc) is 3.25. The molecule has 7 heteroatoms. The van der Waals surface area contributed by atoms with Crippen molar-refractivity contribution in [2.75, 3.05) is 11.4 Å². The maximum atomic E-state index is 13.7. The molecule has 0 radical (unpaired) electrons. The Bertz CT molecular complexity index is 1010. The van der Waals surface area contributed by atoms with Gasteiger partial charge in [-0.25, -0.2) is 4.39 Å². The first-order valence-corrected chi connectivity index (χ1v) is 8.97. The first-order valence-electron chi connectivity index (χ1n) is 8.59. The van der Waals surface area contributed by atoms with E-state index >= 15 is 0 Å². The first-order chi connectivity index (χ1) is 12.9. The average molecular weight is 386 g/mol. The minimum atomic E-state index is -0.544. The molecule has 2 heterocycles. The highest BCUT2D eigenvalue weighted by Crippen LogP contribution is 2.35. The predicted molar refractivity (Wildman–Crippen MR) is 100 cm³/mol. The van der Waals surface area contributed by atoms with Gasteiger partial charge in [0.2, 0.25) is 17.6 Å². The molecule has 1 amide bonds. The number of amides is 1. The summed E-state index contributed by atoms with van der Waals surface area (Å²) >= 11 is 5.71. The minimum Gasteiger partial charge on any atom is -0.339 e. The van der Waals surface area contributed by atoms with Gasteiger partial charge in [0.25, 0.3) is 0 Å². The molecule has 1 unspecified atom stereocenters. The summed E-state index contributed by atoms with van der Waals surface area (Å²) < 4.78 is 19.0. The van der Waals surface area contributed by atoms with Crippen molar-refractivity contribution in [2.24, 2.45) is 0 Å². The monoisotopic (exact) mass is 385 g/mol. The van der Waals surface area contributed by atoms with Crippen LogP contribution in [-0.4, -0.2) is 22.6 Å².